The SMILES string of the molecule is CC(C(=O)Nc1c(F)cccc1F)N1C[C@@H](C(F)(F)F)[C@H](C(=O)O)C1.Cl. The molecule has 1 amide bonds. The number of carboxylic acid groups (broad SMARTS) is 1. The summed E-state index contributed by atoms with van der Waals surface area (Å²) in [6.07, 6.45) is -4.73. The molecule has 2 rings (SSSR count). The lowest BCUT2D eigenvalue weighted by molar-refractivity contribution is -0.188. The molecule has 0 aliphatic carbocycles. The van der Waals surface area contributed by atoms with Crippen LogP contribution in [0.4, 0.5) is 27.6 Å². The molecule has 0 bridgehead atoms. The van der Waals surface area contributed by atoms with E-state index in [4.69, 9.17) is 5.11 Å². The van der Waals surface area contributed by atoms with E-state index in [1.165, 1.54) is 6.92 Å². The van der Waals surface area contributed by atoms with E-state index in [0.29, 0.717) is 0 Å². The van der Waals surface area contributed by atoms with Gasteiger partial charge in [-0.15, -0.1) is 12.4 Å². The maximum absolute atomic E-state index is 13.5. The van der Waals surface area contributed by atoms with Crippen molar-refractivity contribution < 1.29 is 36.6 Å². The molecule has 26 heavy (non-hydrogen) atoms. The second-order valence-electron chi connectivity index (χ2n) is 5.81. The molecule has 0 spiro atoms. The number of hydrogen-bond acceptors (Lipinski definition) is 3. The summed E-state index contributed by atoms with van der Waals surface area (Å²) in [5.41, 5.74) is -0.708. The average molecular weight is 403 g/mol. The molecule has 1 saturated heterocycles. The fourth-order valence-electron chi connectivity index (χ4n) is 2.74. The van der Waals surface area contributed by atoms with Crippen LogP contribution in [0.2, 0.25) is 0 Å². The Balaban J connectivity index is 0.00000338. The molecular formula is C15H16ClF5N2O3. The van der Waals surface area contributed by atoms with Crippen molar-refractivity contribution in [2.45, 2.75) is 19.1 Å². The van der Waals surface area contributed by atoms with Gasteiger partial charge >= 0.3 is 12.1 Å². The Hall–Kier alpha value is -1.94. The van der Waals surface area contributed by atoms with Gasteiger partial charge < -0.3 is 10.4 Å². The average Bonchev–Trinajstić information content (AvgIpc) is 2.95. The molecule has 1 aliphatic heterocycles. The number of nitrogens with zero attached hydrogens (tertiary/aromatic N) is 1. The topological polar surface area (TPSA) is 69.6 Å². The van der Waals surface area contributed by atoms with Crippen LogP contribution in [0.1, 0.15) is 6.92 Å². The van der Waals surface area contributed by atoms with Gasteiger partial charge in [-0.1, -0.05) is 6.07 Å². The van der Waals surface area contributed by atoms with Crippen molar-refractivity contribution in [3.8, 4) is 0 Å². The normalized spacial score (nSPS) is 21.8. The predicted octanol–water partition coefficient (Wildman–Crippen LogP) is 2.91. The number of hydrogen-bond donors (Lipinski definition) is 2. The maximum Gasteiger partial charge on any atom is 0.393 e. The Morgan fingerprint density at radius 3 is 2.19 bits per heavy atom. The van der Waals surface area contributed by atoms with Gasteiger partial charge in [0.05, 0.1) is 17.9 Å². The lowest BCUT2D eigenvalue weighted by atomic mass is 9.96. The zero-order chi connectivity index (χ0) is 18.9. The highest BCUT2D eigenvalue weighted by molar-refractivity contribution is 5.94. The van der Waals surface area contributed by atoms with E-state index < -0.39 is 66.3 Å². The Labute approximate surface area is 151 Å². The molecule has 11 heteroatoms. The van der Waals surface area contributed by atoms with Crippen molar-refractivity contribution in [1.29, 1.82) is 0 Å². The van der Waals surface area contributed by atoms with Crippen LogP contribution >= 0.6 is 12.4 Å². The number of halogens is 6. The number of carbonyl (C=O) groups is 2. The lowest BCUT2D eigenvalue weighted by Gasteiger charge is -2.24. The molecule has 1 aromatic carbocycles. The Morgan fingerprint density at radius 2 is 1.77 bits per heavy atom. The summed E-state index contributed by atoms with van der Waals surface area (Å²) in [5, 5.41) is 11.0. The molecule has 0 radical (unpaired) electrons. The fourth-order valence-corrected chi connectivity index (χ4v) is 2.74. The minimum Gasteiger partial charge on any atom is -0.481 e. The molecule has 1 aliphatic rings. The third-order valence-electron chi connectivity index (χ3n) is 4.22. The van der Waals surface area contributed by atoms with E-state index in [2.05, 4.69) is 0 Å². The summed E-state index contributed by atoms with van der Waals surface area (Å²) in [4.78, 5) is 24.2. The molecular weight excluding hydrogens is 387 g/mol. The van der Waals surface area contributed by atoms with Crippen LogP contribution in [0.15, 0.2) is 18.2 Å². The third-order valence-corrected chi connectivity index (χ3v) is 4.22. The van der Waals surface area contributed by atoms with E-state index in [0.717, 1.165) is 23.1 Å². The highest BCUT2D eigenvalue weighted by Crippen LogP contribution is 2.38. The first-order chi connectivity index (χ1) is 11.5. The minimum atomic E-state index is -4.73. The molecule has 146 valence electrons. The van der Waals surface area contributed by atoms with Crippen molar-refractivity contribution in [1.82, 2.24) is 4.90 Å². The second kappa shape index (κ2) is 8.17. The zero-order valence-electron chi connectivity index (χ0n) is 13.4. The summed E-state index contributed by atoms with van der Waals surface area (Å²) in [6.45, 7) is 0.0639. The predicted molar refractivity (Wildman–Crippen MR) is 83.9 cm³/mol. The van der Waals surface area contributed by atoms with Gasteiger partial charge in [-0.2, -0.15) is 13.2 Å². The van der Waals surface area contributed by atoms with Gasteiger partial charge in [-0.3, -0.25) is 14.5 Å². The summed E-state index contributed by atoms with van der Waals surface area (Å²) in [6, 6.07) is 1.72. The largest absolute Gasteiger partial charge is 0.481 e. The number of alkyl halides is 3. The summed E-state index contributed by atoms with van der Waals surface area (Å²) < 4.78 is 66.0. The third kappa shape index (κ3) is 4.61. The van der Waals surface area contributed by atoms with Crippen LogP contribution in [-0.2, 0) is 9.59 Å². The van der Waals surface area contributed by atoms with Crippen molar-refractivity contribution in [2.24, 2.45) is 11.8 Å². The molecule has 1 unspecified atom stereocenters. The first kappa shape index (κ1) is 22.1. The highest BCUT2D eigenvalue weighted by atomic mass is 35.5. The number of benzene rings is 1. The summed E-state index contributed by atoms with van der Waals surface area (Å²) in [5.74, 6) is -8.43. The van der Waals surface area contributed by atoms with Crippen molar-refractivity contribution in [3.63, 3.8) is 0 Å². The fraction of sp³-hybridized carbons (Fsp3) is 0.467. The van der Waals surface area contributed by atoms with Crippen LogP contribution in [0.5, 0.6) is 0 Å². The number of para-hydroxylation sites is 1. The quantitative estimate of drug-likeness (QED) is 0.760. The van der Waals surface area contributed by atoms with Gasteiger partial charge in [0.15, 0.2) is 0 Å². The van der Waals surface area contributed by atoms with Crippen LogP contribution in [0.25, 0.3) is 0 Å². The Bertz CT molecular complexity index is 665. The molecule has 3 atom stereocenters. The lowest BCUT2D eigenvalue weighted by Crippen LogP contribution is -2.41. The molecule has 1 aromatic rings. The highest BCUT2D eigenvalue weighted by Gasteiger charge is 2.53. The Kier molecular flexibility index (Phi) is 6.95. The Morgan fingerprint density at radius 1 is 1.23 bits per heavy atom. The first-order valence-electron chi connectivity index (χ1n) is 7.30. The summed E-state index contributed by atoms with van der Waals surface area (Å²) in [7, 11) is 0. The monoisotopic (exact) mass is 402 g/mol. The molecule has 0 saturated carbocycles. The van der Waals surface area contributed by atoms with E-state index in [1.54, 1.807) is 0 Å². The molecule has 1 heterocycles. The number of rotatable bonds is 4. The number of aliphatic carboxylic acids is 1. The van der Waals surface area contributed by atoms with Crippen LogP contribution in [-0.4, -0.2) is 47.2 Å². The molecule has 1 fully saturated rings. The number of anilines is 1. The van der Waals surface area contributed by atoms with E-state index in [1.807, 2.05) is 5.32 Å². The molecule has 2 N–H and O–H groups in total. The minimum absolute atomic E-state index is 0. The van der Waals surface area contributed by atoms with Gasteiger partial charge in [0.25, 0.3) is 0 Å². The molecule has 5 nitrogen and oxygen atoms in total. The van der Waals surface area contributed by atoms with Gasteiger partial charge in [0.2, 0.25) is 5.91 Å². The van der Waals surface area contributed by atoms with Crippen molar-refractivity contribution in [2.75, 3.05) is 18.4 Å². The van der Waals surface area contributed by atoms with Crippen molar-refractivity contribution >= 4 is 30.0 Å². The van der Waals surface area contributed by atoms with Crippen LogP contribution in [0.3, 0.4) is 0 Å². The number of likely N-dealkylation sites (tertiary alicyclic amines) is 1. The van der Waals surface area contributed by atoms with E-state index >= 15 is 0 Å². The van der Waals surface area contributed by atoms with E-state index in [9.17, 15) is 31.5 Å². The number of carbonyl (C=O) groups excluding carboxylic acids is 1. The van der Waals surface area contributed by atoms with Gasteiger partial charge in [0.1, 0.15) is 17.3 Å². The number of carboxylic acids is 1. The zero-order valence-corrected chi connectivity index (χ0v) is 14.2. The van der Waals surface area contributed by atoms with Crippen LogP contribution in [0, 0.1) is 23.5 Å². The van der Waals surface area contributed by atoms with Gasteiger partial charge in [0, 0.05) is 13.1 Å². The van der Waals surface area contributed by atoms with E-state index in [-0.39, 0.29) is 12.4 Å². The molecule has 0 aromatic heterocycles. The number of nitrogens with one attached hydrogen (secondary N) is 1. The number of amides is 1. The maximum atomic E-state index is 13.5. The second-order valence-corrected chi connectivity index (χ2v) is 5.81. The smallest absolute Gasteiger partial charge is 0.393 e. The first-order valence-corrected chi connectivity index (χ1v) is 7.30. The van der Waals surface area contributed by atoms with Gasteiger partial charge in [-0.05, 0) is 19.1 Å². The van der Waals surface area contributed by atoms with Gasteiger partial charge in [-0.25, -0.2) is 8.78 Å². The van der Waals surface area contributed by atoms with Crippen LogP contribution < -0.4 is 5.32 Å². The summed E-state index contributed by atoms with van der Waals surface area (Å²) >= 11 is 0. The standard InChI is InChI=1S/C15H15F5N2O3.ClH/c1-7(13(23)21-12-10(16)3-2-4-11(12)17)22-5-8(14(24)25)9(6-22)15(18,19)20;/h2-4,7-9H,5-6H2,1H3,(H,21,23)(H,24,25);1H/t7?,8-,9-;/m1./s1. The van der Waals surface area contributed by atoms with Crippen molar-refractivity contribution in [3.05, 3.63) is 29.8 Å².